The molecule has 0 atom stereocenters. The highest BCUT2D eigenvalue weighted by atomic mass is 16.5. The van der Waals surface area contributed by atoms with Crippen molar-refractivity contribution in [2.45, 2.75) is 0 Å². The van der Waals surface area contributed by atoms with E-state index in [9.17, 15) is 4.79 Å². The molecule has 0 bridgehead atoms. The molecule has 0 aliphatic rings. The van der Waals surface area contributed by atoms with Crippen molar-refractivity contribution in [1.29, 1.82) is 0 Å². The molecule has 1 aromatic heterocycles. The lowest BCUT2D eigenvalue weighted by Crippen LogP contribution is -2.29. The van der Waals surface area contributed by atoms with Crippen LogP contribution in [-0.2, 0) is 7.05 Å². The molecule has 0 aromatic carbocycles. The van der Waals surface area contributed by atoms with Gasteiger partial charge in [-0.3, -0.25) is 4.79 Å². The summed E-state index contributed by atoms with van der Waals surface area (Å²) in [5.74, 6) is 0.165. The van der Waals surface area contributed by atoms with Gasteiger partial charge in [0.1, 0.15) is 12.6 Å². The Labute approximate surface area is 70.6 Å². The van der Waals surface area contributed by atoms with Gasteiger partial charge in [-0.1, -0.05) is 0 Å². The maximum atomic E-state index is 10.8. The van der Waals surface area contributed by atoms with Crippen LogP contribution in [0.2, 0.25) is 0 Å². The molecule has 0 spiro atoms. The molecule has 1 amide bonds. The third-order valence-electron chi connectivity index (χ3n) is 1.49. The maximum absolute atomic E-state index is 10.8. The molecule has 0 unspecified atom stereocenters. The first kappa shape index (κ1) is 8.52. The maximum Gasteiger partial charge on any atom is 0.254 e. The second-order valence-electron chi connectivity index (χ2n) is 2.49. The highest BCUT2D eigenvalue weighted by Gasteiger charge is 2.08. The largest absolute Gasteiger partial charge is 0.491 e. The number of methoxy groups -OCH3 is 1. The molecule has 0 aliphatic carbocycles. The van der Waals surface area contributed by atoms with E-state index in [4.69, 9.17) is 10.5 Å². The molecule has 4 heteroatoms. The third-order valence-corrected chi connectivity index (χ3v) is 1.49. The summed E-state index contributed by atoms with van der Waals surface area (Å²) in [6, 6.07) is 1.60. The van der Waals surface area contributed by atoms with Crippen LogP contribution >= 0.6 is 0 Å². The van der Waals surface area contributed by atoms with Gasteiger partial charge in [-0.2, -0.15) is 0 Å². The van der Waals surface area contributed by atoms with Crippen LogP contribution in [-0.4, -0.2) is 13.0 Å². The molecule has 1 heterocycles. The van der Waals surface area contributed by atoms with Gasteiger partial charge in [-0.05, 0) is 0 Å². The number of pyridine rings is 1. The number of rotatable bonds is 2. The molecular formula is C8H11N2O2+. The Hall–Kier alpha value is -1.58. The fourth-order valence-electron chi connectivity index (χ4n) is 0.932. The molecule has 0 radical (unpaired) electrons. The first-order chi connectivity index (χ1) is 5.63. The first-order valence-electron chi connectivity index (χ1n) is 3.47. The molecule has 12 heavy (non-hydrogen) atoms. The summed E-state index contributed by atoms with van der Waals surface area (Å²) < 4.78 is 6.68. The van der Waals surface area contributed by atoms with Gasteiger partial charge in [0, 0.05) is 6.07 Å². The minimum atomic E-state index is -0.454. The van der Waals surface area contributed by atoms with E-state index < -0.39 is 5.91 Å². The van der Waals surface area contributed by atoms with Crippen molar-refractivity contribution in [2.24, 2.45) is 12.8 Å². The van der Waals surface area contributed by atoms with E-state index in [2.05, 4.69) is 0 Å². The van der Waals surface area contributed by atoms with E-state index in [1.165, 1.54) is 0 Å². The van der Waals surface area contributed by atoms with Gasteiger partial charge in [0.15, 0.2) is 11.9 Å². The van der Waals surface area contributed by atoms with Crippen molar-refractivity contribution in [3.8, 4) is 5.75 Å². The highest BCUT2D eigenvalue weighted by Crippen LogP contribution is 2.07. The number of aromatic nitrogens is 1. The van der Waals surface area contributed by atoms with Gasteiger partial charge in [0.05, 0.1) is 7.11 Å². The van der Waals surface area contributed by atoms with E-state index in [0.717, 1.165) is 0 Å². The Morgan fingerprint density at radius 2 is 2.25 bits per heavy atom. The van der Waals surface area contributed by atoms with Crippen molar-refractivity contribution in [1.82, 2.24) is 0 Å². The standard InChI is InChI=1S/C8H10N2O2/c1-10-4-6(8(9)11)3-7(5-10)12-2/h3-5H,1-2H3,(H-,9,11)/p+1. The predicted molar refractivity (Wildman–Crippen MR) is 42.7 cm³/mol. The van der Waals surface area contributed by atoms with Crippen molar-refractivity contribution < 1.29 is 14.1 Å². The molecular weight excluding hydrogens is 156 g/mol. The van der Waals surface area contributed by atoms with Crippen LogP contribution < -0.4 is 15.0 Å². The summed E-state index contributed by atoms with van der Waals surface area (Å²) in [7, 11) is 3.34. The van der Waals surface area contributed by atoms with E-state index in [1.807, 2.05) is 0 Å². The number of ether oxygens (including phenoxy) is 1. The summed E-state index contributed by atoms with van der Waals surface area (Å²) >= 11 is 0. The van der Waals surface area contributed by atoms with Gasteiger partial charge >= 0.3 is 0 Å². The first-order valence-corrected chi connectivity index (χ1v) is 3.47. The fraction of sp³-hybridized carbons (Fsp3) is 0.250. The minimum absolute atomic E-state index is 0.442. The van der Waals surface area contributed by atoms with Gasteiger partial charge in [0.25, 0.3) is 5.91 Å². The molecule has 2 N–H and O–H groups in total. The monoisotopic (exact) mass is 167 g/mol. The molecule has 1 rings (SSSR count). The number of nitrogens with zero attached hydrogens (tertiary/aromatic N) is 1. The Morgan fingerprint density at radius 1 is 1.58 bits per heavy atom. The number of carbonyl (C=O) groups is 1. The molecule has 0 saturated carbocycles. The average molecular weight is 167 g/mol. The van der Waals surface area contributed by atoms with Crippen LogP contribution in [0.15, 0.2) is 18.5 Å². The van der Waals surface area contributed by atoms with Gasteiger partial charge in [-0.15, -0.1) is 0 Å². The van der Waals surface area contributed by atoms with E-state index >= 15 is 0 Å². The molecule has 0 saturated heterocycles. The highest BCUT2D eigenvalue weighted by molar-refractivity contribution is 5.92. The number of nitrogens with two attached hydrogens (primary N) is 1. The SMILES string of the molecule is COc1cc(C(N)=O)c[n+](C)c1. The quantitative estimate of drug-likeness (QED) is 0.610. The second-order valence-corrected chi connectivity index (χ2v) is 2.49. The lowest BCUT2D eigenvalue weighted by Gasteiger charge is -1.98. The summed E-state index contributed by atoms with van der Waals surface area (Å²) in [5.41, 5.74) is 5.54. The van der Waals surface area contributed by atoms with Crippen molar-refractivity contribution in [3.63, 3.8) is 0 Å². The van der Waals surface area contributed by atoms with E-state index in [-0.39, 0.29) is 0 Å². The number of primary amides is 1. The van der Waals surface area contributed by atoms with Gasteiger partial charge < -0.3 is 10.5 Å². The zero-order valence-corrected chi connectivity index (χ0v) is 7.07. The third kappa shape index (κ3) is 1.72. The molecule has 4 nitrogen and oxygen atoms in total. The summed E-state index contributed by atoms with van der Waals surface area (Å²) in [6.45, 7) is 0. The predicted octanol–water partition coefficient (Wildman–Crippen LogP) is -0.381. The van der Waals surface area contributed by atoms with Crippen LogP contribution in [0.1, 0.15) is 10.4 Å². The molecule has 64 valence electrons. The van der Waals surface area contributed by atoms with Crippen LogP contribution in [0.3, 0.4) is 0 Å². The van der Waals surface area contributed by atoms with Crippen LogP contribution in [0, 0.1) is 0 Å². The number of aryl methyl sites for hydroxylation is 1. The summed E-state index contributed by atoms with van der Waals surface area (Å²) in [5, 5.41) is 0. The second kappa shape index (κ2) is 3.21. The Bertz CT molecular complexity index is 310. The number of carbonyl (C=O) groups excluding carboxylic acids is 1. The summed E-state index contributed by atoms with van der Waals surface area (Å²) in [4.78, 5) is 10.8. The zero-order valence-electron chi connectivity index (χ0n) is 7.07. The van der Waals surface area contributed by atoms with E-state index in [1.54, 1.807) is 37.2 Å². The van der Waals surface area contributed by atoms with Crippen LogP contribution in [0.5, 0.6) is 5.75 Å². The van der Waals surface area contributed by atoms with Gasteiger partial charge in [-0.25, -0.2) is 4.57 Å². The van der Waals surface area contributed by atoms with Crippen LogP contribution in [0.4, 0.5) is 0 Å². The fourth-order valence-corrected chi connectivity index (χ4v) is 0.932. The Balaban J connectivity index is 3.15. The minimum Gasteiger partial charge on any atom is -0.491 e. The van der Waals surface area contributed by atoms with Gasteiger partial charge in [0.2, 0.25) is 6.20 Å². The Kier molecular flexibility index (Phi) is 2.28. The number of hydrogen-bond donors (Lipinski definition) is 1. The zero-order chi connectivity index (χ0) is 9.14. The number of amides is 1. The van der Waals surface area contributed by atoms with Crippen molar-refractivity contribution in [2.75, 3.05) is 7.11 Å². The lowest BCUT2D eigenvalue weighted by atomic mass is 10.2. The van der Waals surface area contributed by atoms with Crippen molar-refractivity contribution in [3.05, 3.63) is 24.0 Å². The average Bonchev–Trinajstić information content (AvgIpc) is 2.03. The Morgan fingerprint density at radius 3 is 2.75 bits per heavy atom. The number of hydrogen-bond acceptors (Lipinski definition) is 2. The lowest BCUT2D eigenvalue weighted by molar-refractivity contribution is -0.671. The summed E-state index contributed by atoms with van der Waals surface area (Å²) in [6.07, 6.45) is 3.40. The molecule has 1 aromatic rings. The molecule has 0 fully saturated rings. The topological polar surface area (TPSA) is 56.2 Å². The van der Waals surface area contributed by atoms with Crippen LogP contribution in [0.25, 0.3) is 0 Å². The normalized spacial score (nSPS) is 9.50. The van der Waals surface area contributed by atoms with E-state index in [0.29, 0.717) is 11.3 Å². The molecule has 0 aliphatic heterocycles. The van der Waals surface area contributed by atoms with Crippen molar-refractivity contribution >= 4 is 5.91 Å². The smallest absolute Gasteiger partial charge is 0.254 e.